The van der Waals surface area contributed by atoms with Gasteiger partial charge in [-0.05, 0) is 91.5 Å². The Balaban J connectivity index is 0.787. The number of hydrogen-bond donors (Lipinski definition) is 2. The molecule has 3 amide bonds. The molecule has 0 aromatic heterocycles. The largest absolute Gasteiger partial charge is 0.508 e. The number of imide groups is 1. The number of aromatic hydroxyl groups is 1. The van der Waals surface area contributed by atoms with Gasteiger partial charge in [0.25, 0.3) is 5.91 Å². The van der Waals surface area contributed by atoms with Crippen LogP contribution in [0.5, 0.6) is 11.5 Å². The van der Waals surface area contributed by atoms with E-state index in [1.807, 2.05) is 24.3 Å². The number of rotatable bonds is 7. The van der Waals surface area contributed by atoms with E-state index in [-0.39, 0.29) is 47.5 Å². The Morgan fingerprint density at radius 1 is 0.836 bits per heavy atom. The third kappa shape index (κ3) is 7.15. The molecule has 3 aromatic carbocycles. The van der Waals surface area contributed by atoms with Crippen molar-refractivity contribution in [2.24, 2.45) is 17.8 Å². The van der Waals surface area contributed by atoms with Gasteiger partial charge in [-0.2, -0.15) is 0 Å². The number of anilines is 2. The molecule has 0 aliphatic carbocycles. The topological polar surface area (TPSA) is 115 Å². The van der Waals surface area contributed by atoms with E-state index in [1.54, 1.807) is 23.1 Å². The van der Waals surface area contributed by atoms with Crippen LogP contribution in [0.4, 0.5) is 15.8 Å². The van der Waals surface area contributed by atoms with Crippen LogP contribution in [0.2, 0.25) is 0 Å². The summed E-state index contributed by atoms with van der Waals surface area (Å²) in [6.45, 7) is 8.81. The lowest BCUT2D eigenvalue weighted by molar-refractivity contribution is -0.136. The van der Waals surface area contributed by atoms with E-state index in [4.69, 9.17) is 9.47 Å². The fraction of sp³-hybridized carbons (Fsp3) is 0.512. The van der Waals surface area contributed by atoms with E-state index >= 15 is 4.39 Å². The molecule has 4 fully saturated rings. The summed E-state index contributed by atoms with van der Waals surface area (Å²) >= 11 is 0. The highest BCUT2D eigenvalue weighted by molar-refractivity contribution is 6.05. The molecule has 290 valence electrons. The number of fused-ring (bicyclic) bond motifs is 2. The Bertz CT molecular complexity index is 1950. The summed E-state index contributed by atoms with van der Waals surface area (Å²) in [5.41, 5.74) is 5.31. The number of phenols is 1. The first-order valence-electron chi connectivity index (χ1n) is 20.1. The number of halogens is 1. The van der Waals surface area contributed by atoms with Crippen molar-refractivity contribution in [2.45, 2.75) is 57.0 Å². The first-order valence-corrected chi connectivity index (χ1v) is 20.1. The van der Waals surface area contributed by atoms with Gasteiger partial charge in [0, 0.05) is 107 Å². The van der Waals surface area contributed by atoms with Crippen molar-refractivity contribution in [3.05, 3.63) is 82.7 Å². The number of nitrogens with one attached hydrogen (secondary N) is 1. The van der Waals surface area contributed by atoms with Crippen LogP contribution in [-0.4, -0.2) is 104 Å². The quantitative estimate of drug-likeness (QED) is 0.326. The lowest BCUT2D eigenvalue weighted by Gasteiger charge is -2.41. The standard InChI is InChI=1S/C43H50FN5O6/c44-36-22-29(41-34-5-3-32(50)23-39(34)55-26-35(41)28-11-19-54-20-12-28)1-6-37(36)48-13-9-27(10-14-48)24-46-15-17-47(18-16-46)31-2-4-33-30(21-31)25-49(43(33)53)38-7-8-40(51)45-42(38)52/h1-6,21-23,27-28,35,38,41,50H,7-20,24-26H2,(H,45,51,52)/t35-,38+,41-/m1/s1. The highest BCUT2D eigenvalue weighted by Gasteiger charge is 2.40. The molecule has 9 rings (SSSR count). The molecule has 11 nitrogen and oxygen atoms in total. The number of nitrogens with zero attached hydrogens (tertiary/aromatic N) is 4. The molecule has 3 aromatic rings. The van der Waals surface area contributed by atoms with Crippen LogP contribution in [-0.2, 0) is 20.9 Å². The minimum absolute atomic E-state index is 0.00977. The van der Waals surface area contributed by atoms with E-state index < -0.39 is 6.04 Å². The SMILES string of the molecule is O=C1CC[C@H](N2Cc3cc(N4CCN(CC5CCN(c6ccc([C@@H]7c8ccc(O)cc8OC[C@@H]7C7CCOCC7)cc6F)CC5)CC4)ccc3C2=O)C(=O)N1. The van der Waals surface area contributed by atoms with Crippen LogP contribution in [0.25, 0.3) is 0 Å². The average molecular weight is 752 g/mol. The highest BCUT2D eigenvalue weighted by Crippen LogP contribution is 2.48. The molecule has 0 bridgehead atoms. The third-order valence-corrected chi connectivity index (χ3v) is 13.1. The lowest BCUT2D eigenvalue weighted by atomic mass is 9.71. The number of carbonyl (C=O) groups is 3. The maximum atomic E-state index is 16.1. The lowest BCUT2D eigenvalue weighted by Crippen LogP contribution is -2.52. The Morgan fingerprint density at radius 3 is 2.40 bits per heavy atom. The van der Waals surface area contributed by atoms with Crippen molar-refractivity contribution in [3.63, 3.8) is 0 Å². The Labute approximate surface area is 321 Å². The van der Waals surface area contributed by atoms with E-state index in [0.717, 1.165) is 107 Å². The van der Waals surface area contributed by atoms with Gasteiger partial charge >= 0.3 is 0 Å². The zero-order chi connectivity index (χ0) is 37.6. The smallest absolute Gasteiger partial charge is 0.255 e. The van der Waals surface area contributed by atoms with Gasteiger partial charge in [-0.15, -0.1) is 0 Å². The summed E-state index contributed by atoms with van der Waals surface area (Å²) in [7, 11) is 0. The van der Waals surface area contributed by atoms with Gasteiger partial charge in [-0.3, -0.25) is 24.6 Å². The third-order valence-electron chi connectivity index (χ3n) is 13.1. The second-order valence-electron chi connectivity index (χ2n) is 16.3. The van der Waals surface area contributed by atoms with Gasteiger partial charge in [0.15, 0.2) is 0 Å². The van der Waals surface area contributed by atoms with E-state index in [1.165, 1.54) is 0 Å². The first-order chi connectivity index (χ1) is 26.8. The number of amides is 3. The van der Waals surface area contributed by atoms with Crippen molar-refractivity contribution in [1.82, 2.24) is 15.1 Å². The predicted octanol–water partition coefficient (Wildman–Crippen LogP) is 4.90. The minimum Gasteiger partial charge on any atom is -0.508 e. The number of benzene rings is 3. The van der Waals surface area contributed by atoms with Gasteiger partial charge in [-0.1, -0.05) is 12.1 Å². The minimum atomic E-state index is -0.607. The normalized spacial score (nSPS) is 25.4. The van der Waals surface area contributed by atoms with Crippen molar-refractivity contribution >= 4 is 29.1 Å². The van der Waals surface area contributed by atoms with Crippen LogP contribution in [0.3, 0.4) is 0 Å². The van der Waals surface area contributed by atoms with Crippen molar-refractivity contribution in [1.29, 1.82) is 0 Å². The number of piperidine rings is 2. The summed E-state index contributed by atoms with van der Waals surface area (Å²) in [5, 5.41) is 12.5. The maximum Gasteiger partial charge on any atom is 0.255 e. The molecule has 0 unspecified atom stereocenters. The molecule has 4 saturated heterocycles. The van der Waals surface area contributed by atoms with Crippen LogP contribution >= 0.6 is 0 Å². The summed E-state index contributed by atoms with van der Waals surface area (Å²) in [5.74, 6) is 1.05. The van der Waals surface area contributed by atoms with Gasteiger partial charge in [0.1, 0.15) is 23.4 Å². The second-order valence-corrected chi connectivity index (χ2v) is 16.3. The fourth-order valence-corrected chi connectivity index (χ4v) is 10.0. The second kappa shape index (κ2) is 15.1. The zero-order valence-electron chi connectivity index (χ0n) is 31.3. The van der Waals surface area contributed by atoms with Crippen LogP contribution in [0, 0.1) is 23.6 Å². The summed E-state index contributed by atoms with van der Waals surface area (Å²) < 4.78 is 27.9. The Kier molecular flexibility index (Phi) is 9.88. The average Bonchev–Trinajstić information content (AvgIpc) is 3.53. The number of piperazine rings is 1. The molecule has 0 saturated carbocycles. The first kappa shape index (κ1) is 36.0. The number of hydrogen-bond acceptors (Lipinski definition) is 9. The molecular formula is C43H50FN5O6. The monoisotopic (exact) mass is 751 g/mol. The highest BCUT2D eigenvalue weighted by atomic mass is 19.1. The number of ether oxygens (including phenoxy) is 2. The molecule has 0 spiro atoms. The maximum absolute atomic E-state index is 16.1. The van der Waals surface area contributed by atoms with E-state index in [0.29, 0.717) is 48.4 Å². The van der Waals surface area contributed by atoms with Gasteiger partial charge in [0.05, 0.1) is 12.3 Å². The van der Waals surface area contributed by atoms with Crippen LogP contribution in [0.15, 0.2) is 54.6 Å². The fourth-order valence-electron chi connectivity index (χ4n) is 10.0. The molecule has 6 heterocycles. The van der Waals surface area contributed by atoms with Crippen molar-refractivity contribution in [2.75, 3.05) is 75.4 Å². The number of carbonyl (C=O) groups excluding carboxylic acids is 3. The summed E-state index contributed by atoms with van der Waals surface area (Å²) in [6, 6.07) is 16.5. The van der Waals surface area contributed by atoms with E-state index in [9.17, 15) is 19.5 Å². The molecule has 12 heteroatoms. The van der Waals surface area contributed by atoms with Crippen molar-refractivity contribution in [3.8, 4) is 11.5 Å². The molecule has 55 heavy (non-hydrogen) atoms. The zero-order valence-corrected chi connectivity index (χ0v) is 31.3. The number of phenolic OH excluding ortho intramolecular Hbond substituents is 1. The van der Waals surface area contributed by atoms with Crippen LogP contribution in [0.1, 0.15) is 71.5 Å². The predicted molar refractivity (Wildman–Crippen MR) is 205 cm³/mol. The van der Waals surface area contributed by atoms with Gasteiger partial charge < -0.3 is 29.3 Å². The van der Waals surface area contributed by atoms with Gasteiger partial charge in [-0.25, -0.2) is 4.39 Å². The molecule has 0 radical (unpaired) electrons. The summed E-state index contributed by atoms with van der Waals surface area (Å²) in [6.07, 6.45) is 4.59. The van der Waals surface area contributed by atoms with Gasteiger partial charge in [0.2, 0.25) is 11.8 Å². The Hall–Kier alpha value is -4.68. The molecule has 6 aliphatic rings. The molecule has 6 aliphatic heterocycles. The van der Waals surface area contributed by atoms with Crippen molar-refractivity contribution < 1.29 is 33.4 Å². The summed E-state index contributed by atoms with van der Waals surface area (Å²) in [4.78, 5) is 46.0. The Morgan fingerprint density at radius 2 is 1.64 bits per heavy atom. The molecule has 2 N–H and O–H groups in total. The molecule has 3 atom stereocenters. The van der Waals surface area contributed by atoms with E-state index in [2.05, 4.69) is 32.1 Å². The molecular weight excluding hydrogens is 702 g/mol. The van der Waals surface area contributed by atoms with Crippen LogP contribution < -0.4 is 19.9 Å².